The smallest absolute Gasteiger partial charge is 0.657 e. The molecule has 97 heavy (non-hydrogen) atoms. The summed E-state index contributed by atoms with van der Waals surface area (Å²) in [5.74, 6) is 0. The molecule has 2 aliphatic heterocycles. The molecular weight excluding hydrogens is 1330 g/mol. The molecule has 0 saturated carbocycles. The summed E-state index contributed by atoms with van der Waals surface area (Å²) in [6.07, 6.45) is 17.8. The molecular formula is C77H97MnN7O8S4. The van der Waals surface area contributed by atoms with Crippen molar-refractivity contribution in [3.8, 4) is 44.5 Å². The third-order valence-electron chi connectivity index (χ3n) is 21.5. The Labute approximate surface area is 588 Å². The number of hydrogen-bond acceptors (Lipinski definition) is 10. The molecule has 7 aromatic rings. The topological polar surface area (TPSA) is 225 Å². The predicted molar refractivity (Wildman–Crippen MR) is 395 cm³/mol. The van der Waals surface area contributed by atoms with Gasteiger partial charge in [-0.1, -0.05) is 206 Å². The average Bonchev–Trinajstić information content (AvgIpc) is 1.75. The molecule has 0 unspecified atom stereocenters. The zero-order chi connectivity index (χ0) is 69.5. The van der Waals surface area contributed by atoms with E-state index in [1.807, 2.05) is 54.6 Å². The average molecular weight is 1430 g/mol. The van der Waals surface area contributed by atoms with E-state index in [-0.39, 0.29) is 71.4 Å². The largest absolute Gasteiger partial charge is 2.00 e. The van der Waals surface area contributed by atoms with Gasteiger partial charge in [0, 0.05) is 37.6 Å². The van der Waals surface area contributed by atoms with E-state index in [0.717, 1.165) is 62.1 Å². The van der Waals surface area contributed by atoms with Crippen molar-refractivity contribution in [3.63, 3.8) is 0 Å². The molecule has 0 aliphatic carbocycles. The number of fused-ring (bicyclic) bond motifs is 8. The molecule has 15 nitrogen and oxygen atoms in total. The first kappa shape index (κ1) is 76.5. The second kappa shape index (κ2) is 31.5. The summed E-state index contributed by atoms with van der Waals surface area (Å²) in [6, 6.07) is 36.8. The monoisotopic (exact) mass is 1430 g/mol. The van der Waals surface area contributed by atoms with Crippen LogP contribution >= 0.6 is 0 Å². The Morgan fingerprint density at radius 1 is 0.330 bits per heavy atom. The van der Waals surface area contributed by atoms with E-state index in [1.165, 1.54) is 0 Å². The van der Waals surface area contributed by atoms with Gasteiger partial charge in [0.1, 0.15) is 0 Å². The van der Waals surface area contributed by atoms with Crippen LogP contribution in [0, 0.1) is 21.7 Å². The number of aromatic nitrogens is 3. The third-order valence-corrected chi connectivity index (χ3v) is 27.4. The number of nitrogens with zero attached hydrogens (tertiary/aromatic N) is 3. The van der Waals surface area contributed by atoms with Crippen LogP contribution < -0.4 is 23.9 Å². The fraction of sp³-hybridized carbons (Fsp3) is 0.416. The SMILES string of the molecule is CCC(C)(CC)CCNS(=O)(=O)c1ccc(-c2c3nc(c(-c4ccc(S(=O)(=O)NCCC(C)(CC)CC)cc4)c4ccc([n-]4)c(-c4ccc(S(=O)(=O)NCCC(C)(CC)CC)cc4)c4nc(c(-c5ccc(S(=O)(=O)NCCC(C)(CC)CC)cc5)c5ccc2[cH-]5)C=C4)C=C3)cc1.[Mn+2]. The minimum atomic E-state index is -3.90. The third kappa shape index (κ3) is 17.7. The van der Waals surface area contributed by atoms with Gasteiger partial charge < -0.3 is 4.98 Å². The van der Waals surface area contributed by atoms with Crippen LogP contribution in [-0.4, -0.2) is 69.8 Å². The maximum absolute atomic E-state index is 13.9. The van der Waals surface area contributed by atoms with Crippen LogP contribution in [0.1, 0.15) is 183 Å². The summed E-state index contributed by atoms with van der Waals surface area (Å²) in [5.41, 5.74) is 8.33. The van der Waals surface area contributed by atoms with Gasteiger partial charge in [-0.15, -0.1) is 27.9 Å². The quantitative estimate of drug-likeness (QED) is 0.0229. The van der Waals surface area contributed by atoms with Gasteiger partial charge in [-0.3, -0.25) is 9.97 Å². The van der Waals surface area contributed by atoms with Crippen LogP contribution in [0.25, 0.3) is 90.6 Å². The van der Waals surface area contributed by atoms with Crippen LogP contribution in [0.3, 0.4) is 0 Å². The second-order valence-electron chi connectivity index (χ2n) is 27.3. The zero-order valence-electron chi connectivity index (χ0n) is 58.4. The van der Waals surface area contributed by atoms with Gasteiger partial charge in [-0.25, -0.2) is 52.6 Å². The Hall–Kier alpha value is -6.29. The summed E-state index contributed by atoms with van der Waals surface area (Å²) < 4.78 is 123. The number of hydrogen-bond donors (Lipinski definition) is 4. The predicted octanol–water partition coefficient (Wildman–Crippen LogP) is 17.3. The van der Waals surface area contributed by atoms with Gasteiger partial charge in [0.15, 0.2) is 0 Å². The van der Waals surface area contributed by atoms with E-state index < -0.39 is 40.1 Å². The van der Waals surface area contributed by atoms with Crippen LogP contribution in [0.2, 0.25) is 0 Å². The molecule has 0 spiro atoms. The van der Waals surface area contributed by atoms with Crippen molar-refractivity contribution in [2.75, 3.05) is 26.2 Å². The van der Waals surface area contributed by atoms with E-state index in [9.17, 15) is 33.7 Å². The molecule has 0 saturated heterocycles. The first-order valence-corrected chi connectivity index (χ1v) is 40.1. The van der Waals surface area contributed by atoms with E-state index in [2.05, 4.69) is 102 Å². The first-order chi connectivity index (χ1) is 45.5. The number of nitrogens with one attached hydrogen (secondary N) is 4. The Bertz CT molecular complexity index is 4040. The minimum Gasteiger partial charge on any atom is -0.657 e. The molecule has 0 amide bonds. The van der Waals surface area contributed by atoms with Crippen molar-refractivity contribution in [2.45, 2.75) is 180 Å². The zero-order valence-corrected chi connectivity index (χ0v) is 62.8. The van der Waals surface area contributed by atoms with Crippen LogP contribution in [0.4, 0.5) is 0 Å². The molecule has 20 heteroatoms. The standard InChI is InChI=1S/C77H97N7O8S4.Mn/c1-13-74(9,14-2)45-49-78-93(85,86)60-31-23-54(24-32-60)70-58-21-22-59(53-58)71(55-25-33-61(34-26-55)94(87,88)79-50-46-75(10,15-3)16-4)65-40-42-67(83-65)73(57-29-37-63(38-30-57)96(91,92)81-52-48-77(12,19-7)20-8)69-44-43-68(84-69)72(66-41-39-64(70)82-66)56-27-35-62(36-28-56)95(89,90)80-51-47-76(11,17-5)18-6;/h21-44,53,78-81H,13-20,45-52H2,1-12H3;/q-2;+2. The summed E-state index contributed by atoms with van der Waals surface area (Å²) >= 11 is 0. The van der Waals surface area contributed by atoms with Gasteiger partial charge >= 0.3 is 17.1 Å². The number of benzene rings is 4. The maximum atomic E-state index is 13.9. The molecule has 519 valence electrons. The summed E-state index contributed by atoms with van der Waals surface area (Å²) in [7, 11) is -15.6. The second-order valence-corrected chi connectivity index (χ2v) is 34.4. The Balaban J connectivity index is 0.0000120. The fourth-order valence-electron chi connectivity index (χ4n) is 12.4. The molecule has 2 aromatic heterocycles. The molecule has 4 heterocycles. The van der Waals surface area contributed by atoms with Gasteiger partial charge in [0.2, 0.25) is 40.1 Å². The van der Waals surface area contributed by atoms with Crippen LogP contribution in [-0.2, 0) is 57.2 Å². The molecule has 8 bridgehead atoms. The maximum Gasteiger partial charge on any atom is 2.00 e. The van der Waals surface area contributed by atoms with Crippen molar-refractivity contribution in [3.05, 3.63) is 150 Å². The van der Waals surface area contributed by atoms with E-state index in [0.29, 0.717) is 117 Å². The molecule has 5 aromatic carbocycles. The Morgan fingerprint density at radius 2 is 0.546 bits per heavy atom. The molecule has 2 aliphatic rings. The van der Waals surface area contributed by atoms with Crippen molar-refractivity contribution in [1.82, 2.24) is 33.8 Å². The Morgan fingerprint density at radius 3 is 0.773 bits per heavy atom. The van der Waals surface area contributed by atoms with Gasteiger partial charge in [0.05, 0.1) is 31.0 Å². The van der Waals surface area contributed by atoms with Gasteiger partial charge in [-0.05, 0) is 154 Å². The van der Waals surface area contributed by atoms with Crippen molar-refractivity contribution in [1.29, 1.82) is 0 Å². The molecule has 0 atom stereocenters. The summed E-state index contributed by atoms with van der Waals surface area (Å²) in [6.45, 7) is 26.8. The molecule has 9 rings (SSSR count). The summed E-state index contributed by atoms with van der Waals surface area (Å²) in [5, 5.41) is 1.48. The number of rotatable bonds is 32. The fourth-order valence-corrected chi connectivity index (χ4v) is 16.5. The van der Waals surface area contributed by atoms with E-state index >= 15 is 0 Å². The first-order valence-electron chi connectivity index (χ1n) is 34.1. The van der Waals surface area contributed by atoms with E-state index in [4.69, 9.17) is 15.0 Å². The van der Waals surface area contributed by atoms with Crippen molar-refractivity contribution in [2.24, 2.45) is 21.7 Å². The minimum absolute atomic E-state index is 0. The molecule has 0 fully saturated rings. The van der Waals surface area contributed by atoms with Gasteiger partial charge in [0.25, 0.3) is 0 Å². The van der Waals surface area contributed by atoms with E-state index in [1.54, 1.807) is 97.1 Å². The van der Waals surface area contributed by atoms with Crippen molar-refractivity contribution >= 4 is 86.2 Å². The van der Waals surface area contributed by atoms with Crippen molar-refractivity contribution < 1.29 is 50.7 Å². The number of sulfonamides is 4. The van der Waals surface area contributed by atoms with Gasteiger partial charge in [-0.2, -0.15) is 12.1 Å². The normalized spacial score (nSPS) is 13.3. The van der Waals surface area contributed by atoms with Crippen LogP contribution in [0.5, 0.6) is 0 Å². The summed E-state index contributed by atoms with van der Waals surface area (Å²) in [4.78, 5) is 16.7. The van der Waals surface area contributed by atoms with Crippen LogP contribution in [0.15, 0.2) is 147 Å². The molecule has 1 radical (unpaired) electrons. The molecule has 4 N–H and O–H groups in total. The Kier molecular flexibility index (Phi) is 24.8.